The SMILES string of the molecule is Cc1cccc(-c2[nH]c(C3CCC(CNS(=O)(=O)Cc4ccccn4)CC3)nc2-c2ccc3c(c2)OCO3)n1. The quantitative estimate of drug-likeness (QED) is 0.321. The van der Waals surface area contributed by atoms with Crippen molar-refractivity contribution in [2.24, 2.45) is 5.92 Å². The standard InChI is InChI=1S/C29H31N5O4S/c1-19-5-4-7-24(32-19)28-27(22-12-13-25-26(15-22)38-18-37-25)33-29(34-28)21-10-8-20(9-11-21)16-31-39(35,36)17-23-6-2-3-14-30-23/h2-7,12-15,20-21,31H,8-11,16-18H2,1H3,(H,33,34). The van der Waals surface area contributed by atoms with Gasteiger partial charge in [-0.2, -0.15) is 0 Å². The second kappa shape index (κ2) is 10.8. The van der Waals surface area contributed by atoms with Gasteiger partial charge in [0.2, 0.25) is 16.8 Å². The molecule has 4 heterocycles. The van der Waals surface area contributed by atoms with Crippen LogP contribution in [0.4, 0.5) is 0 Å². The van der Waals surface area contributed by atoms with E-state index in [1.54, 1.807) is 24.4 Å². The van der Waals surface area contributed by atoms with Crippen LogP contribution < -0.4 is 14.2 Å². The summed E-state index contributed by atoms with van der Waals surface area (Å²) in [6.45, 7) is 2.65. The third kappa shape index (κ3) is 5.81. The topological polar surface area (TPSA) is 119 Å². The Kier molecular flexibility index (Phi) is 7.05. The van der Waals surface area contributed by atoms with Gasteiger partial charge in [0.15, 0.2) is 11.5 Å². The van der Waals surface area contributed by atoms with Crippen LogP contribution >= 0.6 is 0 Å². The summed E-state index contributed by atoms with van der Waals surface area (Å²) in [5.74, 6) is 2.84. The van der Waals surface area contributed by atoms with Gasteiger partial charge in [0, 0.05) is 29.9 Å². The van der Waals surface area contributed by atoms with Gasteiger partial charge < -0.3 is 14.5 Å². The number of fused-ring (bicyclic) bond motifs is 1. The molecule has 3 aromatic heterocycles. The van der Waals surface area contributed by atoms with Crippen molar-refractivity contribution in [2.45, 2.75) is 44.3 Å². The van der Waals surface area contributed by atoms with Gasteiger partial charge in [-0.05, 0) is 81.0 Å². The third-order valence-electron chi connectivity index (χ3n) is 7.40. The van der Waals surface area contributed by atoms with Crippen LogP contribution in [0.3, 0.4) is 0 Å². The summed E-state index contributed by atoms with van der Waals surface area (Å²) < 4.78 is 39.0. The highest BCUT2D eigenvalue weighted by atomic mass is 32.2. The minimum atomic E-state index is -3.43. The van der Waals surface area contributed by atoms with Crippen LogP contribution in [0.2, 0.25) is 0 Å². The first-order valence-electron chi connectivity index (χ1n) is 13.2. The zero-order valence-corrected chi connectivity index (χ0v) is 22.6. The molecule has 1 aliphatic heterocycles. The number of H-pyrrole nitrogens is 1. The van der Waals surface area contributed by atoms with Crippen molar-refractivity contribution >= 4 is 10.0 Å². The zero-order chi connectivity index (χ0) is 26.8. The summed E-state index contributed by atoms with van der Waals surface area (Å²) >= 11 is 0. The summed E-state index contributed by atoms with van der Waals surface area (Å²) in [6.07, 6.45) is 5.33. The molecule has 2 aliphatic rings. The number of benzene rings is 1. The van der Waals surface area contributed by atoms with Crippen LogP contribution in [0.1, 0.15) is 48.8 Å². The normalized spacial score (nSPS) is 18.8. The summed E-state index contributed by atoms with van der Waals surface area (Å²) in [5, 5.41) is 0. The van der Waals surface area contributed by atoms with E-state index in [4.69, 9.17) is 19.4 Å². The number of nitrogens with one attached hydrogen (secondary N) is 2. The zero-order valence-electron chi connectivity index (χ0n) is 21.8. The Morgan fingerprint density at radius 3 is 2.62 bits per heavy atom. The molecule has 1 fully saturated rings. The molecule has 39 heavy (non-hydrogen) atoms. The number of nitrogens with zero attached hydrogens (tertiary/aromatic N) is 3. The second-order valence-electron chi connectivity index (χ2n) is 10.2. The molecule has 0 bridgehead atoms. The molecule has 2 N–H and O–H groups in total. The van der Waals surface area contributed by atoms with Crippen molar-refractivity contribution in [3.05, 3.63) is 78.0 Å². The van der Waals surface area contributed by atoms with Gasteiger partial charge in [-0.3, -0.25) is 9.97 Å². The van der Waals surface area contributed by atoms with Crippen molar-refractivity contribution in [1.82, 2.24) is 24.7 Å². The van der Waals surface area contributed by atoms with Crippen molar-refractivity contribution in [3.63, 3.8) is 0 Å². The number of hydrogen-bond donors (Lipinski definition) is 2. The number of aryl methyl sites for hydroxylation is 1. The average Bonchev–Trinajstić information content (AvgIpc) is 3.60. The Labute approximate surface area is 228 Å². The van der Waals surface area contributed by atoms with Crippen molar-refractivity contribution in [1.29, 1.82) is 0 Å². The number of aromatic amines is 1. The van der Waals surface area contributed by atoms with Gasteiger partial charge in [-0.25, -0.2) is 18.1 Å². The number of aromatic nitrogens is 4. The van der Waals surface area contributed by atoms with Crippen molar-refractivity contribution in [3.8, 4) is 34.1 Å². The van der Waals surface area contributed by atoms with Crippen LogP contribution in [0.15, 0.2) is 60.8 Å². The molecule has 0 atom stereocenters. The van der Waals surface area contributed by atoms with Gasteiger partial charge in [0.05, 0.1) is 22.8 Å². The Morgan fingerprint density at radius 2 is 1.82 bits per heavy atom. The average molecular weight is 546 g/mol. The molecule has 1 saturated carbocycles. The van der Waals surface area contributed by atoms with E-state index in [-0.39, 0.29) is 18.5 Å². The summed E-state index contributed by atoms with van der Waals surface area (Å²) in [6, 6.07) is 17.2. The van der Waals surface area contributed by atoms with Crippen LogP contribution in [0.25, 0.3) is 22.6 Å². The summed E-state index contributed by atoms with van der Waals surface area (Å²) in [7, 11) is -3.43. The molecule has 9 nitrogen and oxygen atoms in total. The van der Waals surface area contributed by atoms with Crippen molar-refractivity contribution in [2.75, 3.05) is 13.3 Å². The molecule has 0 unspecified atom stereocenters. The molecule has 0 saturated heterocycles. The predicted octanol–water partition coefficient (Wildman–Crippen LogP) is 4.96. The number of hydrogen-bond acceptors (Lipinski definition) is 7. The molecule has 10 heteroatoms. The van der Waals surface area contributed by atoms with Gasteiger partial charge in [0.1, 0.15) is 11.6 Å². The summed E-state index contributed by atoms with van der Waals surface area (Å²) in [5.41, 5.74) is 4.99. The van der Waals surface area contributed by atoms with Gasteiger partial charge >= 0.3 is 0 Å². The molecule has 0 radical (unpaired) electrons. The number of pyridine rings is 2. The highest BCUT2D eigenvalue weighted by Gasteiger charge is 2.28. The summed E-state index contributed by atoms with van der Waals surface area (Å²) in [4.78, 5) is 17.6. The predicted molar refractivity (Wildman–Crippen MR) is 148 cm³/mol. The molecule has 1 aliphatic carbocycles. The fraction of sp³-hybridized carbons (Fsp3) is 0.345. The van der Waals surface area contributed by atoms with Crippen LogP contribution in [0, 0.1) is 12.8 Å². The number of rotatable bonds is 8. The number of sulfonamides is 1. The van der Waals surface area contributed by atoms with E-state index in [0.29, 0.717) is 23.9 Å². The number of ether oxygens (including phenoxy) is 2. The fourth-order valence-corrected chi connectivity index (χ4v) is 6.47. The highest BCUT2D eigenvalue weighted by molar-refractivity contribution is 7.88. The second-order valence-corrected chi connectivity index (χ2v) is 12.0. The first kappa shape index (κ1) is 25.5. The van der Waals surface area contributed by atoms with Gasteiger partial charge in [0.25, 0.3) is 0 Å². The monoisotopic (exact) mass is 545 g/mol. The van der Waals surface area contributed by atoms with Gasteiger partial charge in [-0.1, -0.05) is 12.1 Å². The largest absolute Gasteiger partial charge is 0.454 e. The molecule has 0 spiro atoms. The lowest BCUT2D eigenvalue weighted by molar-refractivity contribution is 0.174. The molecule has 0 amide bonds. The lowest BCUT2D eigenvalue weighted by Gasteiger charge is -2.27. The van der Waals surface area contributed by atoms with E-state index < -0.39 is 10.0 Å². The molecule has 6 rings (SSSR count). The van der Waals surface area contributed by atoms with E-state index in [1.165, 1.54) is 0 Å². The minimum Gasteiger partial charge on any atom is -0.454 e. The first-order valence-corrected chi connectivity index (χ1v) is 14.9. The minimum absolute atomic E-state index is 0.103. The van der Waals surface area contributed by atoms with Crippen molar-refractivity contribution < 1.29 is 17.9 Å². The van der Waals surface area contributed by atoms with E-state index in [9.17, 15) is 8.42 Å². The van der Waals surface area contributed by atoms with Crippen LogP contribution in [-0.4, -0.2) is 41.7 Å². The fourth-order valence-electron chi connectivity index (χ4n) is 5.32. The molecule has 1 aromatic carbocycles. The Morgan fingerprint density at radius 1 is 0.974 bits per heavy atom. The molecular weight excluding hydrogens is 514 g/mol. The number of imidazole rings is 1. The van der Waals surface area contributed by atoms with E-state index >= 15 is 0 Å². The molecule has 202 valence electrons. The maximum absolute atomic E-state index is 12.5. The molecular formula is C29H31N5O4S. The lowest BCUT2D eigenvalue weighted by Crippen LogP contribution is -2.32. The third-order valence-corrected chi connectivity index (χ3v) is 8.68. The smallest absolute Gasteiger partial charge is 0.231 e. The van der Waals surface area contributed by atoms with Gasteiger partial charge in [-0.15, -0.1) is 0 Å². The maximum Gasteiger partial charge on any atom is 0.231 e. The van der Waals surface area contributed by atoms with E-state index in [2.05, 4.69) is 14.7 Å². The van der Waals surface area contributed by atoms with E-state index in [1.807, 2.05) is 43.3 Å². The maximum atomic E-state index is 12.5. The molecule has 4 aromatic rings. The first-order chi connectivity index (χ1) is 18.9. The lowest BCUT2D eigenvalue weighted by atomic mass is 9.82. The Hall–Kier alpha value is -3.76. The Bertz CT molecular complexity index is 1560. The Balaban J connectivity index is 1.16. The highest BCUT2D eigenvalue weighted by Crippen LogP contribution is 2.41. The van der Waals surface area contributed by atoms with Crippen LogP contribution in [-0.2, 0) is 15.8 Å². The van der Waals surface area contributed by atoms with E-state index in [0.717, 1.165) is 65.6 Å². The van der Waals surface area contributed by atoms with Crippen LogP contribution in [0.5, 0.6) is 11.5 Å².